The second-order valence-corrected chi connectivity index (χ2v) is 11.1. The van der Waals surface area contributed by atoms with E-state index in [9.17, 15) is 9.59 Å². The Morgan fingerprint density at radius 2 is 1.89 bits per heavy atom. The summed E-state index contributed by atoms with van der Waals surface area (Å²) in [5.41, 5.74) is 5.55. The third-order valence-corrected chi connectivity index (χ3v) is 8.37. The third-order valence-electron chi connectivity index (χ3n) is 6.92. The topological polar surface area (TPSA) is 64.7 Å². The maximum Gasteiger partial charge on any atom is 0.254 e. The number of hydrogen-bond donors (Lipinski definition) is 2. The summed E-state index contributed by atoms with van der Waals surface area (Å²) in [6, 6.07) is 21.6. The van der Waals surface area contributed by atoms with Crippen molar-refractivity contribution in [2.75, 3.05) is 40.9 Å². The number of benzene rings is 3. The third kappa shape index (κ3) is 5.73. The molecule has 8 heteroatoms. The van der Waals surface area contributed by atoms with E-state index in [1.807, 2.05) is 41.3 Å². The smallest absolute Gasteiger partial charge is 0.254 e. The molecular formula is C29H31ClN4O2S. The molecule has 2 aliphatic heterocycles. The maximum absolute atomic E-state index is 13.3. The molecule has 1 fully saturated rings. The average Bonchev–Trinajstić information content (AvgIpc) is 2.89. The number of halogens is 1. The van der Waals surface area contributed by atoms with Crippen molar-refractivity contribution in [3.8, 4) is 0 Å². The summed E-state index contributed by atoms with van der Waals surface area (Å²) in [6.45, 7) is 6.35. The van der Waals surface area contributed by atoms with E-state index in [4.69, 9.17) is 11.6 Å². The van der Waals surface area contributed by atoms with Crippen molar-refractivity contribution >= 4 is 52.2 Å². The Morgan fingerprint density at radius 1 is 1.05 bits per heavy atom. The van der Waals surface area contributed by atoms with E-state index in [-0.39, 0.29) is 23.9 Å². The Labute approximate surface area is 227 Å². The summed E-state index contributed by atoms with van der Waals surface area (Å²) >= 11 is 7.90. The fourth-order valence-electron chi connectivity index (χ4n) is 4.91. The lowest BCUT2D eigenvalue weighted by Gasteiger charge is -2.41. The largest absolute Gasteiger partial charge is 0.371 e. The molecule has 192 valence electrons. The lowest BCUT2D eigenvalue weighted by Crippen LogP contribution is -2.53. The molecule has 2 heterocycles. The van der Waals surface area contributed by atoms with Gasteiger partial charge >= 0.3 is 0 Å². The van der Waals surface area contributed by atoms with E-state index in [1.165, 1.54) is 11.3 Å². The zero-order valence-corrected chi connectivity index (χ0v) is 22.6. The molecule has 2 atom stereocenters. The number of thioether (sulfide) groups is 1. The quantitative estimate of drug-likeness (QED) is 0.427. The van der Waals surface area contributed by atoms with E-state index < -0.39 is 0 Å². The number of carbonyl (C=O) groups is 2. The van der Waals surface area contributed by atoms with Crippen LogP contribution in [0.4, 0.5) is 17.1 Å². The summed E-state index contributed by atoms with van der Waals surface area (Å²) in [6.07, 6.45) is 0. The van der Waals surface area contributed by atoms with Crippen molar-refractivity contribution in [3.05, 3.63) is 88.4 Å². The van der Waals surface area contributed by atoms with E-state index >= 15 is 0 Å². The maximum atomic E-state index is 13.3. The number of rotatable bonds is 6. The first kappa shape index (κ1) is 25.5. The first-order valence-corrected chi connectivity index (χ1v) is 14.1. The van der Waals surface area contributed by atoms with Crippen LogP contribution in [0.5, 0.6) is 0 Å². The lowest BCUT2D eigenvalue weighted by atomic mass is 10.1. The molecule has 0 bridgehead atoms. The van der Waals surface area contributed by atoms with Crippen molar-refractivity contribution in [3.63, 3.8) is 0 Å². The fraction of sp³-hybridized carbons (Fsp3) is 0.310. The summed E-state index contributed by atoms with van der Waals surface area (Å²) in [5, 5.41) is 7.06. The number of fused-ring (bicyclic) bond motifs is 1. The van der Waals surface area contributed by atoms with Gasteiger partial charge in [0.25, 0.3) is 5.91 Å². The highest BCUT2D eigenvalue weighted by molar-refractivity contribution is 7.98. The molecule has 3 aromatic carbocycles. The van der Waals surface area contributed by atoms with Gasteiger partial charge in [-0.3, -0.25) is 9.59 Å². The number of nitrogens with zero attached hydrogens (tertiary/aromatic N) is 2. The van der Waals surface area contributed by atoms with Crippen molar-refractivity contribution in [1.82, 2.24) is 4.90 Å². The van der Waals surface area contributed by atoms with Crippen LogP contribution < -0.4 is 15.5 Å². The van der Waals surface area contributed by atoms with Crippen LogP contribution in [-0.4, -0.2) is 54.2 Å². The molecule has 0 aliphatic carbocycles. The van der Waals surface area contributed by atoms with E-state index in [1.54, 1.807) is 17.8 Å². The van der Waals surface area contributed by atoms with Crippen LogP contribution in [0, 0.1) is 6.92 Å². The van der Waals surface area contributed by atoms with Crippen molar-refractivity contribution in [2.24, 2.45) is 0 Å². The molecule has 2 amide bonds. The highest BCUT2D eigenvalue weighted by Crippen LogP contribution is 2.31. The number of piperazine rings is 1. The molecule has 0 spiro atoms. The van der Waals surface area contributed by atoms with E-state index in [0.717, 1.165) is 28.6 Å². The Morgan fingerprint density at radius 3 is 2.68 bits per heavy atom. The van der Waals surface area contributed by atoms with Gasteiger partial charge in [0.15, 0.2) is 0 Å². The second kappa shape index (κ2) is 11.1. The molecule has 0 saturated carbocycles. The monoisotopic (exact) mass is 534 g/mol. The van der Waals surface area contributed by atoms with Crippen LogP contribution in [0.25, 0.3) is 0 Å². The number of anilines is 3. The molecule has 1 saturated heterocycles. The van der Waals surface area contributed by atoms with Crippen LogP contribution in [0.2, 0.25) is 5.02 Å². The Bertz CT molecular complexity index is 1320. The molecule has 0 aromatic heterocycles. The van der Waals surface area contributed by atoms with Gasteiger partial charge in [-0.15, -0.1) is 0 Å². The van der Waals surface area contributed by atoms with Gasteiger partial charge in [-0.05, 0) is 61.4 Å². The van der Waals surface area contributed by atoms with Crippen LogP contribution in [0.1, 0.15) is 28.4 Å². The Hall–Kier alpha value is -3.16. The molecule has 6 nitrogen and oxygen atoms in total. The van der Waals surface area contributed by atoms with Gasteiger partial charge in [0, 0.05) is 53.5 Å². The molecule has 2 N–H and O–H groups in total. The molecule has 37 heavy (non-hydrogen) atoms. The zero-order chi connectivity index (χ0) is 25.9. The highest BCUT2D eigenvalue weighted by Gasteiger charge is 2.30. The molecule has 0 unspecified atom stereocenters. The standard InChI is InChI=1S/C29H31ClN4O2S/c1-19-6-5-8-23(14-19)34-13-12-33(16-20(34)2)29(36)21-10-11-25-26(15-21)32-28(35)27(31-25)18-37-17-22-7-3-4-9-24(22)30/h3-11,14-15,20,27,31H,12-13,16-18H2,1-2H3,(H,32,35)/t20-,27+/m1/s1. The van der Waals surface area contributed by atoms with Crippen molar-refractivity contribution < 1.29 is 9.59 Å². The zero-order valence-electron chi connectivity index (χ0n) is 21.0. The van der Waals surface area contributed by atoms with Crippen LogP contribution >= 0.6 is 23.4 Å². The predicted molar refractivity (Wildman–Crippen MR) is 154 cm³/mol. The van der Waals surface area contributed by atoms with Gasteiger partial charge in [-0.25, -0.2) is 0 Å². The Balaban J connectivity index is 1.19. The SMILES string of the molecule is Cc1cccc(N2CCN(C(=O)c3ccc4c(c3)NC(=O)[C@H](CSCc3ccccc3Cl)N4)C[C@H]2C)c1. The fourth-order valence-corrected chi connectivity index (χ4v) is 6.26. The van der Waals surface area contributed by atoms with E-state index in [0.29, 0.717) is 30.1 Å². The molecule has 3 aromatic rings. The van der Waals surface area contributed by atoms with Gasteiger partial charge < -0.3 is 20.4 Å². The minimum atomic E-state index is -0.350. The van der Waals surface area contributed by atoms with Gasteiger partial charge in [-0.2, -0.15) is 11.8 Å². The molecule has 0 radical (unpaired) electrons. The Kier molecular flexibility index (Phi) is 7.63. The number of nitrogens with one attached hydrogen (secondary N) is 2. The number of carbonyl (C=O) groups excluding carboxylic acids is 2. The number of amides is 2. The van der Waals surface area contributed by atoms with Crippen molar-refractivity contribution in [1.29, 1.82) is 0 Å². The number of hydrogen-bond acceptors (Lipinski definition) is 5. The first-order chi connectivity index (χ1) is 17.9. The highest BCUT2D eigenvalue weighted by atomic mass is 35.5. The summed E-state index contributed by atoms with van der Waals surface area (Å²) < 4.78 is 0. The minimum absolute atomic E-state index is 0.00906. The van der Waals surface area contributed by atoms with E-state index in [2.05, 4.69) is 53.6 Å². The summed E-state index contributed by atoms with van der Waals surface area (Å²) in [7, 11) is 0. The summed E-state index contributed by atoms with van der Waals surface area (Å²) in [5.74, 6) is 1.25. The van der Waals surface area contributed by atoms with Gasteiger partial charge in [0.05, 0.1) is 11.4 Å². The van der Waals surface area contributed by atoms with Crippen LogP contribution in [-0.2, 0) is 10.5 Å². The van der Waals surface area contributed by atoms with Gasteiger partial charge in [0.2, 0.25) is 5.91 Å². The average molecular weight is 535 g/mol. The molecular weight excluding hydrogens is 504 g/mol. The summed E-state index contributed by atoms with van der Waals surface area (Å²) in [4.78, 5) is 30.4. The second-order valence-electron chi connectivity index (χ2n) is 9.69. The van der Waals surface area contributed by atoms with Gasteiger partial charge in [-0.1, -0.05) is 41.9 Å². The van der Waals surface area contributed by atoms with Crippen LogP contribution in [0.15, 0.2) is 66.7 Å². The molecule has 5 rings (SSSR count). The normalized spacial score (nSPS) is 19.2. The molecule has 2 aliphatic rings. The lowest BCUT2D eigenvalue weighted by molar-refractivity contribution is -0.116. The number of aryl methyl sites for hydroxylation is 1. The first-order valence-electron chi connectivity index (χ1n) is 12.5. The van der Waals surface area contributed by atoms with Crippen molar-refractivity contribution in [2.45, 2.75) is 31.7 Å². The predicted octanol–water partition coefficient (Wildman–Crippen LogP) is 5.67. The van der Waals surface area contributed by atoms with Gasteiger partial charge in [0.1, 0.15) is 6.04 Å². The van der Waals surface area contributed by atoms with Crippen LogP contribution in [0.3, 0.4) is 0 Å². The minimum Gasteiger partial charge on any atom is -0.371 e.